The largest absolute Gasteiger partial charge is 0.494 e. The van der Waals surface area contributed by atoms with Crippen LogP contribution >= 0.6 is 11.3 Å². The fourth-order valence-electron chi connectivity index (χ4n) is 1.67. The first-order chi connectivity index (χ1) is 8.65. The standard InChI is InChI=1S/C13H11FN2OS/c1-8-13(18-12(16-8)5-6-15)9-3-4-11(17-2)10(14)7-9/h3-4,7H,5H2,1-2H3. The molecule has 0 unspecified atom stereocenters. The number of nitriles is 1. The second-order valence-electron chi connectivity index (χ2n) is 3.71. The quantitative estimate of drug-likeness (QED) is 0.852. The number of thiazole rings is 1. The Morgan fingerprint density at radius 3 is 2.89 bits per heavy atom. The molecule has 0 saturated carbocycles. The minimum absolute atomic E-state index is 0.221. The van der Waals surface area contributed by atoms with Crippen LogP contribution in [0.5, 0.6) is 5.75 Å². The normalized spacial score (nSPS) is 10.1. The van der Waals surface area contributed by atoms with Crippen molar-refractivity contribution in [1.82, 2.24) is 4.98 Å². The van der Waals surface area contributed by atoms with Crippen molar-refractivity contribution < 1.29 is 9.13 Å². The molecular formula is C13H11FN2OS. The Labute approximate surface area is 108 Å². The highest BCUT2D eigenvalue weighted by molar-refractivity contribution is 7.15. The number of hydrogen-bond acceptors (Lipinski definition) is 4. The lowest BCUT2D eigenvalue weighted by Crippen LogP contribution is -1.88. The molecule has 2 aromatic rings. The summed E-state index contributed by atoms with van der Waals surface area (Å²) in [6.07, 6.45) is 0.282. The number of aryl methyl sites for hydroxylation is 1. The Kier molecular flexibility index (Phi) is 3.58. The van der Waals surface area contributed by atoms with Crippen LogP contribution in [-0.4, -0.2) is 12.1 Å². The molecule has 0 fully saturated rings. The number of hydrogen-bond donors (Lipinski definition) is 0. The summed E-state index contributed by atoms with van der Waals surface area (Å²) in [7, 11) is 1.43. The molecule has 5 heteroatoms. The van der Waals surface area contributed by atoms with Crippen molar-refractivity contribution in [2.75, 3.05) is 7.11 Å². The first-order valence-electron chi connectivity index (χ1n) is 5.33. The topological polar surface area (TPSA) is 45.9 Å². The van der Waals surface area contributed by atoms with Gasteiger partial charge in [-0.25, -0.2) is 9.37 Å². The highest BCUT2D eigenvalue weighted by Crippen LogP contribution is 2.32. The van der Waals surface area contributed by atoms with Crippen LogP contribution < -0.4 is 4.74 Å². The third-order valence-corrected chi connectivity index (χ3v) is 3.69. The van der Waals surface area contributed by atoms with Gasteiger partial charge in [-0.3, -0.25) is 0 Å². The molecule has 0 spiro atoms. The monoisotopic (exact) mass is 262 g/mol. The van der Waals surface area contributed by atoms with Gasteiger partial charge in [-0.15, -0.1) is 11.3 Å². The Balaban J connectivity index is 2.42. The van der Waals surface area contributed by atoms with Crippen LogP contribution in [0.25, 0.3) is 10.4 Å². The average molecular weight is 262 g/mol. The van der Waals surface area contributed by atoms with Gasteiger partial charge in [0, 0.05) is 0 Å². The third-order valence-electron chi connectivity index (χ3n) is 2.49. The maximum Gasteiger partial charge on any atom is 0.165 e. The van der Waals surface area contributed by atoms with Crippen LogP contribution in [0.1, 0.15) is 10.7 Å². The van der Waals surface area contributed by atoms with Gasteiger partial charge in [0.1, 0.15) is 5.01 Å². The van der Waals surface area contributed by atoms with E-state index in [0.29, 0.717) is 0 Å². The zero-order valence-electron chi connectivity index (χ0n) is 10.0. The molecule has 0 amide bonds. The van der Waals surface area contributed by atoms with E-state index in [1.165, 1.54) is 24.5 Å². The zero-order chi connectivity index (χ0) is 13.1. The molecule has 0 atom stereocenters. The summed E-state index contributed by atoms with van der Waals surface area (Å²) in [6.45, 7) is 1.86. The second-order valence-corrected chi connectivity index (χ2v) is 4.79. The molecule has 0 aliphatic heterocycles. The van der Waals surface area contributed by atoms with E-state index in [-0.39, 0.29) is 12.2 Å². The first kappa shape index (κ1) is 12.5. The van der Waals surface area contributed by atoms with Gasteiger partial charge in [-0.1, -0.05) is 0 Å². The second kappa shape index (κ2) is 5.15. The molecule has 0 aliphatic rings. The Hall–Kier alpha value is -1.93. The molecular weight excluding hydrogens is 251 g/mol. The Morgan fingerprint density at radius 1 is 1.50 bits per heavy atom. The smallest absolute Gasteiger partial charge is 0.165 e. The highest BCUT2D eigenvalue weighted by Gasteiger charge is 2.12. The summed E-state index contributed by atoms with van der Waals surface area (Å²) in [4.78, 5) is 5.18. The van der Waals surface area contributed by atoms with Gasteiger partial charge in [0.05, 0.1) is 30.2 Å². The van der Waals surface area contributed by atoms with Crippen LogP contribution in [0.15, 0.2) is 18.2 Å². The molecule has 3 nitrogen and oxygen atoms in total. The van der Waals surface area contributed by atoms with Crippen LogP contribution in [0.3, 0.4) is 0 Å². The van der Waals surface area contributed by atoms with E-state index >= 15 is 0 Å². The molecule has 0 saturated heterocycles. The summed E-state index contributed by atoms with van der Waals surface area (Å²) < 4.78 is 18.5. The number of methoxy groups -OCH3 is 1. The van der Waals surface area contributed by atoms with Gasteiger partial charge in [0.25, 0.3) is 0 Å². The van der Waals surface area contributed by atoms with Gasteiger partial charge in [-0.2, -0.15) is 5.26 Å². The minimum atomic E-state index is -0.398. The van der Waals surface area contributed by atoms with E-state index in [4.69, 9.17) is 10.00 Å². The van der Waals surface area contributed by atoms with Crippen LogP contribution in [0.2, 0.25) is 0 Å². The van der Waals surface area contributed by atoms with E-state index in [9.17, 15) is 4.39 Å². The van der Waals surface area contributed by atoms with Gasteiger partial charge in [0.15, 0.2) is 11.6 Å². The van der Waals surface area contributed by atoms with Gasteiger partial charge in [0.2, 0.25) is 0 Å². The lowest BCUT2D eigenvalue weighted by molar-refractivity contribution is 0.386. The third kappa shape index (κ3) is 2.34. The summed E-state index contributed by atoms with van der Waals surface area (Å²) in [5.41, 5.74) is 1.57. The van der Waals surface area contributed by atoms with Crippen molar-refractivity contribution >= 4 is 11.3 Å². The number of ether oxygens (including phenoxy) is 1. The fourth-order valence-corrected chi connectivity index (χ4v) is 2.66. The Morgan fingerprint density at radius 2 is 2.28 bits per heavy atom. The van der Waals surface area contributed by atoms with E-state index < -0.39 is 5.82 Å². The molecule has 0 N–H and O–H groups in total. The summed E-state index contributed by atoms with van der Waals surface area (Å²) >= 11 is 1.42. The van der Waals surface area contributed by atoms with E-state index in [2.05, 4.69) is 11.1 Å². The van der Waals surface area contributed by atoms with E-state index in [1.54, 1.807) is 12.1 Å². The zero-order valence-corrected chi connectivity index (χ0v) is 10.8. The number of benzene rings is 1. The first-order valence-corrected chi connectivity index (χ1v) is 6.14. The van der Waals surface area contributed by atoms with Crippen LogP contribution in [0.4, 0.5) is 4.39 Å². The maximum atomic E-state index is 13.6. The van der Waals surface area contributed by atoms with E-state index in [1.807, 2.05) is 6.92 Å². The maximum absolute atomic E-state index is 13.6. The lowest BCUT2D eigenvalue weighted by Gasteiger charge is -2.03. The SMILES string of the molecule is COc1ccc(-c2sc(CC#N)nc2C)cc1F. The number of rotatable bonds is 3. The summed E-state index contributed by atoms with van der Waals surface area (Å²) in [5.74, 6) is -0.178. The molecule has 2 rings (SSSR count). The molecule has 1 aromatic heterocycles. The fraction of sp³-hybridized carbons (Fsp3) is 0.231. The van der Waals surface area contributed by atoms with Crippen molar-refractivity contribution in [2.24, 2.45) is 0 Å². The molecule has 0 aliphatic carbocycles. The van der Waals surface area contributed by atoms with Crippen molar-refractivity contribution in [3.63, 3.8) is 0 Å². The predicted molar refractivity (Wildman–Crippen MR) is 68.1 cm³/mol. The number of nitrogens with zero attached hydrogens (tertiary/aromatic N) is 2. The summed E-state index contributed by atoms with van der Waals surface area (Å²) in [5, 5.41) is 9.39. The van der Waals surface area contributed by atoms with Gasteiger partial charge >= 0.3 is 0 Å². The highest BCUT2D eigenvalue weighted by atomic mass is 32.1. The summed E-state index contributed by atoms with van der Waals surface area (Å²) in [6, 6.07) is 6.87. The number of halogens is 1. The van der Waals surface area contributed by atoms with Crippen molar-refractivity contribution in [3.8, 4) is 22.3 Å². The number of aromatic nitrogens is 1. The molecule has 1 heterocycles. The van der Waals surface area contributed by atoms with Crippen molar-refractivity contribution in [2.45, 2.75) is 13.3 Å². The van der Waals surface area contributed by atoms with Crippen molar-refractivity contribution in [3.05, 3.63) is 34.7 Å². The van der Waals surface area contributed by atoms with Gasteiger partial charge in [-0.05, 0) is 30.7 Å². The minimum Gasteiger partial charge on any atom is -0.494 e. The molecule has 0 radical (unpaired) electrons. The molecule has 0 bridgehead atoms. The van der Waals surface area contributed by atoms with E-state index in [0.717, 1.165) is 21.1 Å². The Bertz CT molecular complexity index is 616. The van der Waals surface area contributed by atoms with Gasteiger partial charge < -0.3 is 4.74 Å². The molecule has 1 aromatic carbocycles. The van der Waals surface area contributed by atoms with Crippen LogP contribution in [0, 0.1) is 24.1 Å². The predicted octanol–water partition coefficient (Wildman–Crippen LogP) is 3.33. The lowest BCUT2D eigenvalue weighted by atomic mass is 10.1. The average Bonchev–Trinajstić information content (AvgIpc) is 2.71. The van der Waals surface area contributed by atoms with Crippen molar-refractivity contribution in [1.29, 1.82) is 5.26 Å². The molecule has 18 heavy (non-hydrogen) atoms. The van der Waals surface area contributed by atoms with Crippen LogP contribution in [-0.2, 0) is 6.42 Å². The molecule has 92 valence electrons.